The lowest BCUT2D eigenvalue weighted by Crippen LogP contribution is -2.32. The number of carbonyl (C=O) groups excluding carboxylic acids is 2. The molecular weight excluding hydrogens is 244 g/mol. The topological polar surface area (TPSA) is 67.2 Å². The Morgan fingerprint density at radius 2 is 2.32 bits per heavy atom. The number of likely N-dealkylation sites (tertiary alicyclic amines) is 1. The molecule has 1 fully saturated rings. The van der Waals surface area contributed by atoms with E-state index in [9.17, 15) is 9.59 Å². The minimum Gasteiger partial charge on any atom is -0.359 e. The second-order valence-electron chi connectivity index (χ2n) is 5.03. The normalized spacial score (nSPS) is 18.6. The molecule has 104 valence electrons. The first-order valence-corrected chi connectivity index (χ1v) is 6.57. The molecule has 6 heteroatoms. The van der Waals surface area contributed by atoms with Gasteiger partial charge in [-0.1, -0.05) is 0 Å². The summed E-state index contributed by atoms with van der Waals surface area (Å²) in [6.45, 7) is 3.59. The minimum absolute atomic E-state index is 0.0435. The van der Waals surface area contributed by atoms with Gasteiger partial charge < -0.3 is 10.2 Å². The molecule has 1 aromatic heterocycles. The SMILES string of the molecule is CNC(=O)C[C@H]1CCN(C(=O)Cn2ccc(C)n2)C1. The molecule has 0 unspecified atom stereocenters. The molecule has 0 aliphatic carbocycles. The molecule has 0 saturated carbocycles. The number of rotatable bonds is 4. The fourth-order valence-electron chi connectivity index (χ4n) is 2.38. The number of nitrogens with one attached hydrogen (secondary N) is 1. The van der Waals surface area contributed by atoms with E-state index in [4.69, 9.17) is 0 Å². The van der Waals surface area contributed by atoms with Crippen molar-refractivity contribution in [1.82, 2.24) is 20.0 Å². The maximum absolute atomic E-state index is 12.1. The first kappa shape index (κ1) is 13.6. The van der Waals surface area contributed by atoms with E-state index in [-0.39, 0.29) is 24.3 Å². The van der Waals surface area contributed by atoms with Gasteiger partial charge in [0.25, 0.3) is 0 Å². The van der Waals surface area contributed by atoms with E-state index in [1.54, 1.807) is 11.7 Å². The van der Waals surface area contributed by atoms with Crippen LogP contribution in [0.3, 0.4) is 0 Å². The van der Waals surface area contributed by atoms with Gasteiger partial charge in [-0.15, -0.1) is 0 Å². The van der Waals surface area contributed by atoms with E-state index in [0.29, 0.717) is 13.0 Å². The van der Waals surface area contributed by atoms with Crippen molar-refractivity contribution in [2.45, 2.75) is 26.3 Å². The quantitative estimate of drug-likeness (QED) is 0.843. The van der Waals surface area contributed by atoms with E-state index in [2.05, 4.69) is 10.4 Å². The van der Waals surface area contributed by atoms with Gasteiger partial charge in [0, 0.05) is 32.8 Å². The summed E-state index contributed by atoms with van der Waals surface area (Å²) in [5, 5.41) is 6.83. The second kappa shape index (κ2) is 5.86. The van der Waals surface area contributed by atoms with Gasteiger partial charge in [0.15, 0.2) is 0 Å². The van der Waals surface area contributed by atoms with Gasteiger partial charge in [0.1, 0.15) is 6.54 Å². The summed E-state index contributed by atoms with van der Waals surface area (Å²) < 4.78 is 1.66. The first-order valence-electron chi connectivity index (χ1n) is 6.57. The second-order valence-corrected chi connectivity index (χ2v) is 5.03. The van der Waals surface area contributed by atoms with Gasteiger partial charge in [0.2, 0.25) is 11.8 Å². The van der Waals surface area contributed by atoms with Crippen LogP contribution in [0, 0.1) is 12.8 Å². The minimum atomic E-state index is 0.0435. The molecule has 0 bridgehead atoms. The number of hydrogen-bond donors (Lipinski definition) is 1. The maximum Gasteiger partial charge on any atom is 0.244 e. The largest absolute Gasteiger partial charge is 0.359 e. The van der Waals surface area contributed by atoms with Crippen molar-refractivity contribution in [1.29, 1.82) is 0 Å². The average molecular weight is 264 g/mol. The number of aryl methyl sites for hydroxylation is 1. The number of amides is 2. The van der Waals surface area contributed by atoms with Gasteiger partial charge in [-0.2, -0.15) is 5.10 Å². The van der Waals surface area contributed by atoms with Crippen LogP contribution in [0.1, 0.15) is 18.5 Å². The average Bonchev–Trinajstić information content (AvgIpc) is 2.98. The molecule has 6 nitrogen and oxygen atoms in total. The highest BCUT2D eigenvalue weighted by atomic mass is 16.2. The van der Waals surface area contributed by atoms with Crippen molar-refractivity contribution >= 4 is 11.8 Å². The molecule has 2 heterocycles. The standard InChI is InChI=1S/C13H20N4O2/c1-10-3-6-17(15-10)9-13(19)16-5-4-11(8-16)7-12(18)14-2/h3,6,11H,4-5,7-9H2,1-2H3,(H,14,18)/t11-/m1/s1. The van der Waals surface area contributed by atoms with Crippen LogP contribution in [-0.2, 0) is 16.1 Å². The Labute approximate surface area is 112 Å². The molecule has 1 N–H and O–H groups in total. The number of aromatic nitrogens is 2. The summed E-state index contributed by atoms with van der Waals surface area (Å²) in [7, 11) is 1.64. The summed E-state index contributed by atoms with van der Waals surface area (Å²) in [5.74, 6) is 0.396. The molecule has 2 rings (SSSR count). The lowest BCUT2D eigenvalue weighted by molar-refractivity contribution is -0.131. The van der Waals surface area contributed by atoms with Crippen molar-refractivity contribution in [3.05, 3.63) is 18.0 Å². The van der Waals surface area contributed by atoms with E-state index in [1.165, 1.54) is 0 Å². The Hall–Kier alpha value is -1.85. The first-order chi connectivity index (χ1) is 9.08. The van der Waals surface area contributed by atoms with Crippen molar-refractivity contribution < 1.29 is 9.59 Å². The zero-order valence-corrected chi connectivity index (χ0v) is 11.4. The number of nitrogens with zero attached hydrogens (tertiary/aromatic N) is 3. The number of hydrogen-bond acceptors (Lipinski definition) is 3. The van der Waals surface area contributed by atoms with Crippen molar-refractivity contribution in [2.75, 3.05) is 20.1 Å². The van der Waals surface area contributed by atoms with Crippen LogP contribution in [0.5, 0.6) is 0 Å². The molecule has 19 heavy (non-hydrogen) atoms. The lowest BCUT2D eigenvalue weighted by Gasteiger charge is -2.16. The molecule has 2 amide bonds. The highest BCUT2D eigenvalue weighted by Gasteiger charge is 2.27. The molecule has 0 radical (unpaired) electrons. The zero-order chi connectivity index (χ0) is 13.8. The van der Waals surface area contributed by atoms with Crippen LogP contribution in [0.15, 0.2) is 12.3 Å². The Balaban J connectivity index is 1.83. The molecular formula is C13H20N4O2. The van der Waals surface area contributed by atoms with E-state index < -0.39 is 0 Å². The third-order valence-electron chi connectivity index (χ3n) is 3.46. The predicted molar refractivity (Wildman–Crippen MR) is 70.3 cm³/mol. The molecule has 1 atom stereocenters. The molecule has 1 aliphatic rings. The van der Waals surface area contributed by atoms with Crippen molar-refractivity contribution in [3.8, 4) is 0 Å². The summed E-state index contributed by atoms with van der Waals surface area (Å²) >= 11 is 0. The lowest BCUT2D eigenvalue weighted by atomic mass is 10.1. The van der Waals surface area contributed by atoms with Gasteiger partial charge in [-0.25, -0.2) is 0 Å². The van der Waals surface area contributed by atoms with Gasteiger partial charge in [-0.05, 0) is 25.3 Å². The Kier molecular flexibility index (Phi) is 4.19. The van der Waals surface area contributed by atoms with E-state index >= 15 is 0 Å². The Bertz CT molecular complexity index is 469. The number of carbonyl (C=O) groups is 2. The summed E-state index contributed by atoms with van der Waals surface area (Å²) in [6.07, 6.45) is 3.21. The highest BCUT2D eigenvalue weighted by Crippen LogP contribution is 2.19. The van der Waals surface area contributed by atoms with Crippen molar-refractivity contribution in [3.63, 3.8) is 0 Å². The fourth-order valence-corrected chi connectivity index (χ4v) is 2.38. The summed E-state index contributed by atoms with van der Waals surface area (Å²) in [4.78, 5) is 25.2. The third kappa shape index (κ3) is 3.56. The van der Waals surface area contributed by atoms with E-state index in [0.717, 1.165) is 18.7 Å². The van der Waals surface area contributed by atoms with Crippen LogP contribution in [0.25, 0.3) is 0 Å². The van der Waals surface area contributed by atoms with Gasteiger partial charge in [-0.3, -0.25) is 14.3 Å². The van der Waals surface area contributed by atoms with Gasteiger partial charge >= 0.3 is 0 Å². The van der Waals surface area contributed by atoms with Crippen LogP contribution in [-0.4, -0.2) is 46.6 Å². The molecule has 0 aromatic carbocycles. The summed E-state index contributed by atoms with van der Waals surface area (Å²) in [5.41, 5.74) is 0.909. The third-order valence-corrected chi connectivity index (χ3v) is 3.46. The van der Waals surface area contributed by atoms with E-state index in [1.807, 2.05) is 24.1 Å². The van der Waals surface area contributed by atoms with Crippen LogP contribution in [0.4, 0.5) is 0 Å². The molecule has 1 saturated heterocycles. The van der Waals surface area contributed by atoms with Gasteiger partial charge in [0.05, 0.1) is 5.69 Å². The zero-order valence-electron chi connectivity index (χ0n) is 11.4. The Morgan fingerprint density at radius 1 is 1.53 bits per heavy atom. The Morgan fingerprint density at radius 3 is 2.95 bits per heavy atom. The fraction of sp³-hybridized carbons (Fsp3) is 0.615. The van der Waals surface area contributed by atoms with Crippen LogP contribution < -0.4 is 5.32 Å². The predicted octanol–water partition coefficient (Wildman–Crippen LogP) is 0.176. The van der Waals surface area contributed by atoms with Crippen LogP contribution in [0.2, 0.25) is 0 Å². The molecule has 0 spiro atoms. The molecule has 1 aliphatic heterocycles. The van der Waals surface area contributed by atoms with Crippen molar-refractivity contribution in [2.24, 2.45) is 5.92 Å². The van der Waals surface area contributed by atoms with Crippen LogP contribution >= 0.6 is 0 Å². The monoisotopic (exact) mass is 264 g/mol. The highest BCUT2D eigenvalue weighted by molar-refractivity contribution is 5.77. The smallest absolute Gasteiger partial charge is 0.244 e. The molecule has 1 aromatic rings. The summed E-state index contributed by atoms with van der Waals surface area (Å²) in [6, 6.07) is 1.88. The maximum atomic E-state index is 12.1.